The van der Waals surface area contributed by atoms with Crippen LogP contribution in [0, 0.1) is 0 Å². The number of unbranched alkanes of at least 4 members (excludes halogenated alkanes) is 3. The highest BCUT2D eigenvalue weighted by atomic mass is 32.1. The molecule has 0 aliphatic heterocycles. The van der Waals surface area contributed by atoms with Crippen molar-refractivity contribution in [1.29, 1.82) is 0 Å². The lowest BCUT2D eigenvalue weighted by Crippen LogP contribution is -2.16. The normalized spacial score (nSPS) is 11.0. The minimum Gasteiger partial charge on any atom is -0.273 e. The Balaban J connectivity index is 2.21. The maximum absolute atomic E-state index is 11.4. The van der Waals surface area contributed by atoms with Crippen LogP contribution < -0.4 is 5.43 Å². The van der Waals surface area contributed by atoms with Gasteiger partial charge in [0.25, 0.3) is 0 Å². The van der Waals surface area contributed by atoms with Crippen molar-refractivity contribution in [3.8, 4) is 0 Å². The molecule has 0 saturated carbocycles. The average Bonchev–Trinajstić information content (AvgIpc) is 2.83. The van der Waals surface area contributed by atoms with Crippen LogP contribution >= 0.6 is 11.3 Å². The first-order chi connectivity index (χ1) is 8.76. The lowest BCUT2D eigenvalue weighted by molar-refractivity contribution is -0.121. The molecule has 100 valence electrons. The van der Waals surface area contributed by atoms with Crippen molar-refractivity contribution in [2.75, 3.05) is 0 Å². The zero-order valence-electron chi connectivity index (χ0n) is 11.2. The van der Waals surface area contributed by atoms with Crippen LogP contribution in [0.25, 0.3) is 0 Å². The maximum Gasteiger partial charge on any atom is 0.240 e. The van der Waals surface area contributed by atoms with E-state index in [-0.39, 0.29) is 5.91 Å². The molecule has 18 heavy (non-hydrogen) atoms. The number of thiophene rings is 1. The molecule has 0 spiro atoms. The molecular formula is C14H22N2OS. The van der Waals surface area contributed by atoms with Gasteiger partial charge in [-0.15, -0.1) is 11.3 Å². The molecule has 1 rings (SSSR count). The Morgan fingerprint density at radius 1 is 1.33 bits per heavy atom. The molecule has 1 aromatic rings. The van der Waals surface area contributed by atoms with Gasteiger partial charge in [0.05, 0.1) is 6.21 Å². The van der Waals surface area contributed by atoms with Crippen LogP contribution in [0.2, 0.25) is 0 Å². The summed E-state index contributed by atoms with van der Waals surface area (Å²) in [7, 11) is 0. The third-order valence-electron chi connectivity index (χ3n) is 2.67. The zero-order valence-corrected chi connectivity index (χ0v) is 12.1. The van der Waals surface area contributed by atoms with Crippen molar-refractivity contribution in [2.45, 2.75) is 52.4 Å². The second-order valence-electron chi connectivity index (χ2n) is 4.26. The third-order valence-corrected chi connectivity index (χ3v) is 3.83. The van der Waals surface area contributed by atoms with Crippen LogP contribution in [0.4, 0.5) is 0 Å². The number of carbonyl (C=O) groups is 1. The molecule has 0 aliphatic carbocycles. The van der Waals surface area contributed by atoms with E-state index in [4.69, 9.17) is 0 Å². The van der Waals surface area contributed by atoms with E-state index in [0.29, 0.717) is 6.42 Å². The van der Waals surface area contributed by atoms with Crippen molar-refractivity contribution >= 4 is 23.5 Å². The first kappa shape index (κ1) is 14.9. The van der Waals surface area contributed by atoms with E-state index in [1.165, 1.54) is 17.7 Å². The number of rotatable bonds is 8. The van der Waals surface area contributed by atoms with E-state index < -0.39 is 0 Å². The van der Waals surface area contributed by atoms with Gasteiger partial charge in [0.15, 0.2) is 0 Å². The molecule has 1 N–H and O–H groups in total. The minimum atomic E-state index is 0.00891. The van der Waals surface area contributed by atoms with Gasteiger partial charge in [0.1, 0.15) is 0 Å². The average molecular weight is 266 g/mol. The van der Waals surface area contributed by atoms with Crippen LogP contribution in [0.3, 0.4) is 0 Å². The van der Waals surface area contributed by atoms with Gasteiger partial charge < -0.3 is 0 Å². The van der Waals surface area contributed by atoms with Crippen molar-refractivity contribution in [3.63, 3.8) is 0 Å². The predicted molar refractivity (Wildman–Crippen MR) is 78.2 cm³/mol. The summed E-state index contributed by atoms with van der Waals surface area (Å²) >= 11 is 1.71. The van der Waals surface area contributed by atoms with Gasteiger partial charge in [-0.1, -0.05) is 33.1 Å². The van der Waals surface area contributed by atoms with Crippen LogP contribution in [0.1, 0.15) is 55.7 Å². The maximum atomic E-state index is 11.4. The molecule has 0 saturated heterocycles. The quantitative estimate of drug-likeness (QED) is 0.435. The van der Waals surface area contributed by atoms with E-state index in [9.17, 15) is 4.79 Å². The molecule has 0 fully saturated rings. The van der Waals surface area contributed by atoms with Crippen LogP contribution in [0.15, 0.2) is 17.2 Å². The molecule has 0 aromatic carbocycles. The fourth-order valence-electron chi connectivity index (χ4n) is 1.59. The molecule has 1 aromatic heterocycles. The van der Waals surface area contributed by atoms with Gasteiger partial charge in [-0.2, -0.15) is 5.10 Å². The van der Waals surface area contributed by atoms with E-state index >= 15 is 0 Å². The Kier molecular flexibility index (Phi) is 7.34. The summed E-state index contributed by atoms with van der Waals surface area (Å²) in [6.07, 6.45) is 7.80. The van der Waals surface area contributed by atoms with E-state index in [0.717, 1.165) is 24.1 Å². The van der Waals surface area contributed by atoms with Crippen LogP contribution in [0.5, 0.6) is 0 Å². The fraction of sp³-hybridized carbons (Fsp3) is 0.571. The SMILES string of the molecule is CCCCCCC(=O)NN=Cc1ccc(CC)s1. The highest BCUT2D eigenvalue weighted by Gasteiger charge is 1.99. The molecule has 0 aliphatic rings. The molecular weight excluding hydrogens is 244 g/mol. The lowest BCUT2D eigenvalue weighted by atomic mass is 10.1. The van der Waals surface area contributed by atoms with Gasteiger partial charge >= 0.3 is 0 Å². The Morgan fingerprint density at radius 2 is 2.17 bits per heavy atom. The van der Waals surface area contributed by atoms with E-state index in [2.05, 4.69) is 30.4 Å². The standard InChI is InChI=1S/C14H22N2OS/c1-3-5-6-7-8-14(17)16-15-11-13-10-9-12(4-2)18-13/h9-11H,3-8H2,1-2H3,(H,16,17). The summed E-state index contributed by atoms with van der Waals surface area (Å²) in [5.74, 6) is 0.00891. The molecule has 0 radical (unpaired) electrons. The summed E-state index contributed by atoms with van der Waals surface area (Å²) in [4.78, 5) is 13.9. The van der Waals surface area contributed by atoms with Gasteiger partial charge in [-0.25, -0.2) is 5.43 Å². The summed E-state index contributed by atoms with van der Waals surface area (Å²) in [6.45, 7) is 4.29. The number of nitrogens with one attached hydrogen (secondary N) is 1. The lowest BCUT2D eigenvalue weighted by Gasteiger charge is -1.98. The summed E-state index contributed by atoms with van der Waals surface area (Å²) in [5, 5.41) is 3.97. The Morgan fingerprint density at radius 3 is 2.83 bits per heavy atom. The zero-order chi connectivity index (χ0) is 13.2. The highest BCUT2D eigenvalue weighted by molar-refractivity contribution is 7.13. The van der Waals surface area contributed by atoms with E-state index in [1.807, 2.05) is 6.07 Å². The predicted octanol–water partition coefficient (Wildman–Crippen LogP) is 3.73. The van der Waals surface area contributed by atoms with Gasteiger partial charge in [-0.3, -0.25) is 4.79 Å². The van der Waals surface area contributed by atoms with Crippen LogP contribution in [-0.4, -0.2) is 12.1 Å². The molecule has 0 atom stereocenters. The minimum absolute atomic E-state index is 0.00891. The molecule has 1 amide bonds. The number of hydrazone groups is 1. The van der Waals surface area contributed by atoms with Crippen LogP contribution in [-0.2, 0) is 11.2 Å². The summed E-state index contributed by atoms with van der Waals surface area (Å²) in [5.41, 5.74) is 2.57. The monoisotopic (exact) mass is 266 g/mol. The second kappa shape index (κ2) is 8.86. The molecule has 3 nitrogen and oxygen atoms in total. The molecule has 0 bridgehead atoms. The fourth-order valence-corrected chi connectivity index (χ4v) is 2.41. The molecule has 4 heteroatoms. The summed E-state index contributed by atoms with van der Waals surface area (Å²) < 4.78 is 0. The number of amides is 1. The smallest absolute Gasteiger partial charge is 0.240 e. The Labute approximate surface area is 113 Å². The number of aryl methyl sites for hydroxylation is 1. The first-order valence-electron chi connectivity index (χ1n) is 6.66. The van der Waals surface area contributed by atoms with Gasteiger partial charge in [-0.05, 0) is 25.0 Å². The van der Waals surface area contributed by atoms with E-state index in [1.54, 1.807) is 17.6 Å². The Bertz CT molecular complexity index is 385. The second-order valence-corrected chi connectivity index (χ2v) is 5.46. The molecule has 0 unspecified atom stereocenters. The summed E-state index contributed by atoms with van der Waals surface area (Å²) in [6, 6.07) is 4.12. The third kappa shape index (κ3) is 5.96. The van der Waals surface area contributed by atoms with Gasteiger partial charge in [0.2, 0.25) is 5.91 Å². The van der Waals surface area contributed by atoms with Gasteiger partial charge in [0, 0.05) is 16.2 Å². The number of hydrogen-bond acceptors (Lipinski definition) is 3. The highest BCUT2D eigenvalue weighted by Crippen LogP contribution is 2.14. The largest absolute Gasteiger partial charge is 0.273 e. The van der Waals surface area contributed by atoms with Crippen molar-refractivity contribution in [1.82, 2.24) is 5.43 Å². The number of nitrogens with zero attached hydrogens (tertiary/aromatic N) is 1. The number of carbonyl (C=O) groups excluding carboxylic acids is 1. The van der Waals surface area contributed by atoms with Crippen molar-refractivity contribution in [3.05, 3.63) is 21.9 Å². The topological polar surface area (TPSA) is 41.5 Å². The number of hydrogen-bond donors (Lipinski definition) is 1. The van der Waals surface area contributed by atoms with Crippen molar-refractivity contribution < 1.29 is 4.79 Å². The Hall–Kier alpha value is -1.16. The van der Waals surface area contributed by atoms with Crippen molar-refractivity contribution in [2.24, 2.45) is 5.10 Å². The first-order valence-corrected chi connectivity index (χ1v) is 7.48. The molecule has 1 heterocycles.